The number of nitrogens with zero attached hydrogens (tertiary/aromatic N) is 2. The van der Waals surface area contributed by atoms with Gasteiger partial charge < -0.3 is 11.1 Å². The van der Waals surface area contributed by atoms with Gasteiger partial charge in [-0.2, -0.15) is 5.10 Å². The molecule has 0 unspecified atom stereocenters. The summed E-state index contributed by atoms with van der Waals surface area (Å²) in [6.07, 6.45) is 0. The summed E-state index contributed by atoms with van der Waals surface area (Å²) in [7, 11) is 0. The van der Waals surface area contributed by atoms with Gasteiger partial charge in [0.1, 0.15) is 5.82 Å². The predicted octanol–water partition coefficient (Wildman–Crippen LogP) is 3.89. The summed E-state index contributed by atoms with van der Waals surface area (Å²) in [6, 6.07) is 4.67. The van der Waals surface area contributed by atoms with Crippen LogP contribution in [0, 0.1) is 12.7 Å². The summed E-state index contributed by atoms with van der Waals surface area (Å²) in [4.78, 5) is 0. The minimum Gasteiger partial charge on any atom is -0.394 e. The average molecular weight is 283 g/mol. The van der Waals surface area contributed by atoms with E-state index in [1.54, 1.807) is 10.7 Å². The summed E-state index contributed by atoms with van der Waals surface area (Å²) in [5.41, 5.74) is 7.87. The highest BCUT2D eigenvalue weighted by Crippen LogP contribution is 2.29. The van der Waals surface area contributed by atoms with E-state index in [0.717, 1.165) is 5.69 Å². The number of halogens is 2. The third-order valence-corrected chi connectivity index (χ3v) is 3.11. The van der Waals surface area contributed by atoms with E-state index in [1.807, 2.05) is 20.8 Å². The molecule has 2 rings (SSSR count). The Hall–Kier alpha value is -1.75. The van der Waals surface area contributed by atoms with Crippen molar-refractivity contribution in [2.75, 3.05) is 11.1 Å². The molecule has 1 heterocycles. The molecule has 0 aliphatic carbocycles. The molecule has 0 fully saturated rings. The maximum absolute atomic E-state index is 13.4. The Morgan fingerprint density at radius 3 is 2.68 bits per heavy atom. The third-order valence-electron chi connectivity index (χ3n) is 2.80. The number of benzene rings is 1. The van der Waals surface area contributed by atoms with E-state index in [1.165, 1.54) is 12.1 Å². The molecule has 0 amide bonds. The van der Waals surface area contributed by atoms with Crippen molar-refractivity contribution in [3.05, 3.63) is 34.7 Å². The van der Waals surface area contributed by atoms with Gasteiger partial charge in [-0.1, -0.05) is 11.6 Å². The first-order chi connectivity index (χ1) is 8.90. The fourth-order valence-electron chi connectivity index (χ4n) is 1.77. The van der Waals surface area contributed by atoms with Crippen LogP contribution in [0.1, 0.15) is 25.6 Å². The van der Waals surface area contributed by atoms with Gasteiger partial charge in [-0.05, 0) is 39.0 Å². The van der Waals surface area contributed by atoms with Crippen LogP contribution in [-0.4, -0.2) is 9.78 Å². The predicted molar refractivity (Wildman–Crippen MR) is 76.5 cm³/mol. The van der Waals surface area contributed by atoms with Gasteiger partial charge in [0.05, 0.1) is 16.4 Å². The molecular formula is C13H16ClFN4. The maximum Gasteiger partial charge on any atom is 0.152 e. The van der Waals surface area contributed by atoms with Crippen LogP contribution in [0.4, 0.5) is 21.6 Å². The molecule has 0 atom stereocenters. The Labute approximate surface area is 116 Å². The topological polar surface area (TPSA) is 55.9 Å². The average Bonchev–Trinajstić information content (AvgIpc) is 2.62. The molecule has 0 saturated carbocycles. The molecule has 1 aromatic heterocycles. The molecule has 1 aromatic carbocycles. The van der Waals surface area contributed by atoms with Crippen molar-refractivity contribution in [3.8, 4) is 0 Å². The van der Waals surface area contributed by atoms with Gasteiger partial charge in [-0.25, -0.2) is 9.07 Å². The number of anilines is 3. The number of aryl methyl sites for hydroxylation is 1. The van der Waals surface area contributed by atoms with Gasteiger partial charge in [0.25, 0.3) is 0 Å². The highest BCUT2D eigenvalue weighted by molar-refractivity contribution is 6.30. The first-order valence-corrected chi connectivity index (χ1v) is 6.34. The number of hydrogen-bond acceptors (Lipinski definition) is 3. The van der Waals surface area contributed by atoms with Crippen molar-refractivity contribution in [2.45, 2.75) is 26.8 Å². The van der Waals surface area contributed by atoms with Crippen LogP contribution in [0.3, 0.4) is 0 Å². The normalized spacial score (nSPS) is 11.1. The molecule has 0 bridgehead atoms. The van der Waals surface area contributed by atoms with E-state index >= 15 is 0 Å². The van der Waals surface area contributed by atoms with Gasteiger partial charge in [0, 0.05) is 11.7 Å². The lowest BCUT2D eigenvalue weighted by molar-refractivity contribution is 0.536. The number of nitrogen functional groups attached to an aromatic ring is 1. The Kier molecular flexibility index (Phi) is 3.66. The number of rotatable bonds is 3. The van der Waals surface area contributed by atoms with Crippen LogP contribution in [0.2, 0.25) is 5.02 Å². The quantitative estimate of drug-likeness (QED) is 0.898. The minimum atomic E-state index is -0.474. The Morgan fingerprint density at radius 2 is 2.11 bits per heavy atom. The molecule has 6 heteroatoms. The zero-order chi connectivity index (χ0) is 14.2. The molecule has 0 aliphatic rings. The standard InChI is InChI=1S/C13H16ClFN4/c1-7(2)19-13(12(16)8(3)18-19)17-9-4-5-10(14)11(15)6-9/h4-7,17H,16H2,1-3H3. The summed E-state index contributed by atoms with van der Waals surface area (Å²) < 4.78 is 15.2. The lowest BCUT2D eigenvalue weighted by Crippen LogP contribution is -2.08. The van der Waals surface area contributed by atoms with Gasteiger partial charge in [0.2, 0.25) is 0 Å². The zero-order valence-corrected chi connectivity index (χ0v) is 11.8. The van der Waals surface area contributed by atoms with Crippen LogP contribution in [0.25, 0.3) is 0 Å². The second-order valence-electron chi connectivity index (χ2n) is 4.64. The minimum absolute atomic E-state index is 0.0899. The smallest absolute Gasteiger partial charge is 0.152 e. The number of nitrogens with one attached hydrogen (secondary N) is 1. The van der Waals surface area contributed by atoms with E-state index in [0.29, 0.717) is 17.2 Å². The Morgan fingerprint density at radius 1 is 1.42 bits per heavy atom. The second kappa shape index (κ2) is 5.09. The maximum atomic E-state index is 13.4. The van der Waals surface area contributed by atoms with Crippen molar-refractivity contribution >= 4 is 28.8 Å². The fourth-order valence-corrected chi connectivity index (χ4v) is 1.89. The highest BCUT2D eigenvalue weighted by Gasteiger charge is 2.15. The molecule has 0 saturated heterocycles. The van der Waals surface area contributed by atoms with Crippen molar-refractivity contribution < 1.29 is 4.39 Å². The van der Waals surface area contributed by atoms with E-state index < -0.39 is 5.82 Å². The molecule has 19 heavy (non-hydrogen) atoms. The fraction of sp³-hybridized carbons (Fsp3) is 0.308. The van der Waals surface area contributed by atoms with E-state index in [4.69, 9.17) is 17.3 Å². The van der Waals surface area contributed by atoms with Gasteiger partial charge >= 0.3 is 0 Å². The van der Waals surface area contributed by atoms with Crippen molar-refractivity contribution in [3.63, 3.8) is 0 Å². The second-order valence-corrected chi connectivity index (χ2v) is 5.05. The van der Waals surface area contributed by atoms with E-state index in [-0.39, 0.29) is 11.1 Å². The van der Waals surface area contributed by atoms with Crippen LogP contribution >= 0.6 is 11.6 Å². The van der Waals surface area contributed by atoms with Gasteiger partial charge in [0.15, 0.2) is 5.82 Å². The molecule has 0 spiro atoms. The first kappa shape index (κ1) is 13.7. The lowest BCUT2D eigenvalue weighted by atomic mass is 10.3. The summed E-state index contributed by atoms with van der Waals surface area (Å²) in [5, 5.41) is 7.53. The lowest BCUT2D eigenvalue weighted by Gasteiger charge is -2.13. The first-order valence-electron chi connectivity index (χ1n) is 5.96. The third kappa shape index (κ3) is 2.66. The molecular weight excluding hydrogens is 267 g/mol. The molecule has 2 aromatic rings. The molecule has 0 radical (unpaired) electrons. The van der Waals surface area contributed by atoms with Crippen LogP contribution < -0.4 is 11.1 Å². The Bertz CT molecular complexity index is 607. The summed E-state index contributed by atoms with van der Waals surface area (Å²) in [6.45, 7) is 5.83. The molecule has 4 nitrogen and oxygen atoms in total. The van der Waals surface area contributed by atoms with Gasteiger partial charge in [-0.15, -0.1) is 0 Å². The number of aromatic nitrogens is 2. The van der Waals surface area contributed by atoms with E-state index in [9.17, 15) is 4.39 Å². The molecule has 0 aliphatic heterocycles. The monoisotopic (exact) mass is 282 g/mol. The number of hydrogen-bond donors (Lipinski definition) is 2. The molecule has 3 N–H and O–H groups in total. The highest BCUT2D eigenvalue weighted by atomic mass is 35.5. The SMILES string of the molecule is Cc1nn(C(C)C)c(Nc2ccc(Cl)c(F)c2)c1N. The van der Waals surface area contributed by atoms with Gasteiger partial charge in [-0.3, -0.25) is 0 Å². The van der Waals surface area contributed by atoms with Crippen LogP contribution in [0.15, 0.2) is 18.2 Å². The van der Waals surface area contributed by atoms with Crippen molar-refractivity contribution in [1.82, 2.24) is 9.78 Å². The number of nitrogens with two attached hydrogens (primary N) is 1. The molecule has 102 valence electrons. The van der Waals surface area contributed by atoms with Crippen molar-refractivity contribution in [2.24, 2.45) is 0 Å². The van der Waals surface area contributed by atoms with E-state index in [2.05, 4.69) is 10.4 Å². The van der Waals surface area contributed by atoms with Crippen molar-refractivity contribution in [1.29, 1.82) is 0 Å². The van der Waals surface area contributed by atoms with Crippen LogP contribution in [0.5, 0.6) is 0 Å². The summed E-state index contributed by atoms with van der Waals surface area (Å²) >= 11 is 5.66. The zero-order valence-electron chi connectivity index (χ0n) is 11.0. The summed E-state index contributed by atoms with van der Waals surface area (Å²) in [5.74, 6) is 0.187. The largest absolute Gasteiger partial charge is 0.394 e. The van der Waals surface area contributed by atoms with Crippen LogP contribution in [-0.2, 0) is 0 Å². The Balaban J connectivity index is 2.40.